The van der Waals surface area contributed by atoms with E-state index < -0.39 is 0 Å². The van der Waals surface area contributed by atoms with E-state index in [-0.39, 0.29) is 0 Å². The van der Waals surface area contributed by atoms with E-state index in [1.807, 2.05) is 0 Å². The molecule has 0 radical (unpaired) electrons. The van der Waals surface area contributed by atoms with Crippen LogP contribution in [0.25, 0.3) is 54.9 Å². The Morgan fingerprint density at radius 1 is 0.194 bits per heavy atom. The lowest BCUT2D eigenvalue weighted by Gasteiger charge is -2.26. The quantitative estimate of drug-likeness (QED) is 0.121. The molecule has 12 rings (SSSR count). The molecular formula is C68H50N4. The number of fused-ring (bicyclic) bond motifs is 2. The molecule has 0 saturated heterocycles. The fraction of sp³-hybridized carbons (Fsp3) is 0. The Bertz CT molecular complexity index is 3480. The second-order valence-corrected chi connectivity index (χ2v) is 18.0. The molecule has 0 amide bonds. The highest BCUT2D eigenvalue weighted by molar-refractivity contribution is 5.98. The molecule has 0 aliphatic heterocycles. The Kier molecular flexibility index (Phi) is 12.0. The third-order valence-corrected chi connectivity index (χ3v) is 13.4. The molecule has 342 valence electrons. The Morgan fingerprint density at radius 3 is 0.819 bits per heavy atom. The van der Waals surface area contributed by atoms with E-state index in [1.165, 1.54) is 43.8 Å². The van der Waals surface area contributed by atoms with Crippen molar-refractivity contribution in [2.75, 3.05) is 20.4 Å². The number of nitrogens with one attached hydrogen (secondary N) is 2. The first-order chi connectivity index (χ1) is 35.7. The van der Waals surface area contributed by atoms with Crippen molar-refractivity contribution in [2.45, 2.75) is 0 Å². The second kappa shape index (κ2) is 19.8. The molecular weight excluding hydrogens is 873 g/mol. The molecule has 2 N–H and O–H groups in total. The molecule has 4 heteroatoms. The first-order valence-electron chi connectivity index (χ1n) is 24.5. The van der Waals surface area contributed by atoms with Crippen molar-refractivity contribution >= 4 is 78.4 Å². The summed E-state index contributed by atoms with van der Waals surface area (Å²) in [4.78, 5) is 4.61. The average Bonchev–Trinajstić information content (AvgIpc) is 3.45. The van der Waals surface area contributed by atoms with Gasteiger partial charge in [0.15, 0.2) is 0 Å². The van der Waals surface area contributed by atoms with Gasteiger partial charge in [0.1, 0.15) is 0 Å². The van der Waals surface area contributed by atoms with Crippen LogP contribution in [0.3, 0.4) is 0 Å². The molecule has 0 aliphatic carbocycles. The zero-order valence-electron chi connectivity index (χ0n) is 39.6. The van der Waals surface area contributed by atoms with Crippen molar-refractivity contribution in [1.29, 1.82) is 0 Å². The Balaban J connectivity index is 0.746. The van der Waals surface area contributed by atoms with Crippen LogP contribution in [0.15, 0.2) is 291 Å². The first-order valence-corrected chi connectivity index (χ1v) is 24.5. The maximum absolute atomic E-state index is 3.62. The normalized spacial score (nSPS) is 11.1. The maximum Gasteiger partial charge on any atom is 0.0463 e. The first kappa shape index (κ1) is 43.6. The molecule has 4 nitrogen and oxygen atoms in total. The average molecular weight is 923 g/mol. The molecule has 0 atom stereocenters. The van der Waals surface area contributed by atoms with Crippen molar-refractivity contribution in [3.63, 3.8) is 0 Å². The number of nitrogens with zero attached hydrogens (tertiary/aromatic N) is 2. The molecule has 72 heavy (non-hydrogen) atoms. The van der Waals surface area contributed by atoms with Crippen LogP contribution >= 0.6 is 0 Å². The Labute approximate surface area is 421 Å². The van der Waals surface area contributed by atoms with E-state index >= 15 is 0 Å². The number of hydrogen-bond donors (Lipinski definition) is 2. The van der Waals surface area contributed by atoms with Gasteiger partial charge in [0.05, 0.1) is 0 Å². The predicted octanol–water partition coefficient (Wildman–Crippen LogP) is 19.4. The number of rotatable bonds is 13. The fourth-order valence-corrected chi connectivity index (χ4v) is 9.80. The summed E-state index contributed by atoms with van der Waals surface area (Å²) in [5, 5.41) is 12.3. The van der Waals surface area contributed by atoms with Crippen LogP contribution in [0.4, 0.5) is 56.9 Å². The molecule has 0 unspecified atom stereocenters. The van der Waals surface area contributed by atoms with Crippen LogP contribution in [0.5, 0.6) is 0 Å². The Morgan fingerprint density at radius 2 is 0.458 bits per heavy atom. The summed E-state index contributed by atoms with van der Waals surface area (Å²) in [6.07, 6.45) is 0. The highest BCUT2D eigenvalue weighted by Gasteiger charge is 2.16. The smallest absolute Gasteiger partial charge is 0.0463 e. The zero-order chi connectivity index (χ0) is 48.1. The van der Waals surface area contributed by atoms with E-state index in [4.69, 9.17) is 0 Å². The van der Waals surface area contributed by atoms with Crippen molar-refractivity contribution < 1.29 is 0 Å². The van der Waals surface area contributed by atoms with Crippen LogP contribution < -0.4 is 20.4 Å². The number of benzene rings is 12. The number of anilines is 10. The summed E-state index contributed by atoms with van der Waals surface area (Å²) in [5.74, 6) is 0. The highest BCUT2D eigenvalue weighted by atomic mass is 15.1. The summed E-state index contributed by atoms with van der Waals surface area (Å²) in [7, 11) is 0. The van der Waals surface area contributed by atoms with E-state index in [0.717, 1.165) is 68.0 Å². The number of hydrogen-bond acceptors (Lipinski definition) is 4. The van der Waals surface area contributed by atoms with Crippen molar-refractivity contribution in [3.8, 4) is 33.4 Å². The molecule has 12 aromatic rings. The van der Waals surface area contributed by atoms with Crippen molar-refractivity contribution in [2.24, 2.45) is 0 Å². The molecule has 0 spiro atoms. The van der Waals surface area contributed by atoms with Gasteiger partial charge in [0.2, 0.25) is 0 Å². The zero-order valence-corrected chi connectivity index (χ0v) is 39.6. The van der Waals surface area contributed by atoms with Gasteiger partial charge < -0.3 is 20.4 Å². The van der Waals surface area contributed by atoms with Gasteiger partial charge in [0, 0.05) is 56.9 Å². The largest absolute Gasteiger partial charge is 0.356 e. The second-order valence-electron chi connectivity index (χ2n) is 18.0. The Hall–Kier alpha value is -9.64. The molecule has 0 heterocycles. The fourth-order valence-electron chi connectivity index (χ4n) is 9.80. The lowest BCUT2D eigenvalue weighted by molar-refractivity contribution is 1.28. The van der Waals surface area contributed by atoms with Crippen molar-refractivity contribution in [1.82, 2.24) is 0 Å². The molecule has 0 saturated carbocycles. The third-order valence-electron chi connectivity index (χ3n) is 13.4. The summed E-state index contributed by atoms with van der Waals surface area (Å²) in [6, 6.07) is 104. The third kappa shape index (κ3) is 9.16. The van der Waals surface area contributed by atoms with Crippen LogP contribution in [0.2, 0.25) is 0 Å². The van der Waals surface area contributed by atoms with Crippen LogP contribution in [0.1, 0.15) is 0 Å². The minimum absolute atomic E-state index is 1.03. The van der Waals surface area contributed by atoms with Gasteiger partial charge in [-0.3, -0.25) is 0 Å². The lowest BCUT2D eigenvalue weighted by atomic mass is 9.98. The predicted molar refractivity (Wildman–Crippen MR) is 307 cm³/mol. The van der Waals surface area contributed by atoms with E-state index in [1.54, 1.807) is 0 Å². The van der Waals surface area contributed by atoms with Gasteiger partial charge in [-0.1, -0.05) is 170 Å². The van der Waals surface area contributed by atoms with Crippen LogP contribution in [-0.2, 0) is 0 Å². The van der Waals surface area contributed by atoms with Gasteiger partial charge >= 0.3 is 0 Å². The summed E-state index contributed by atoms with van der Waals surface area (Å²) in [5.41, 5.74) is 17.8. The van der Waals surface area contributed by atoms with Crippen LogP contribution in [0, 0.1) is 0 Å². The lowest BCUT2D eigenvalue weighted by Crippen LogP contribution is -2.10. The minimum Gasteiger partial charge on any atom is -0.356 e. The van der Waals surface area contributed by atoms with Gasteiger partial charge in [-0.2, -0.15) is 0 Å². The molecule has 0 fully saturated rings. The van der Waals surface area contributed by atoms with E-state index in [9.17, 15) is 0 Å². The van der Waals surface area contributed by atoms with E-state index in [0.29, 0.717) is 0 Å². The van der Waals surface area contributed by atoms with E-state index in [2.05, 4.69) is 312 Å². The molecule has 0 aromatic heterocycles. The standard InChI is InChI=1S/C68H50N4/c1-3-17-59(18-4-1)71(63-45-37-57(38-46-63)69-55-33-25-53(26-34-55)67-23-11-15-51-13-7-9-21-65(51)67)61-41-29-49(30-42-61)50-31-43-62(44-32-50)72(60-19-5-2-6-20-60)64-47-39-58(40-48-64)70-56-35-27-54(28-36-56)68-24-12-16-52-14-8-10-22-66(52)68/h1-48,69-70H. The summed E-state index contributed by atoms with van der Waals surface area (Å²) in [6.45, 7) is 0. The van der Waals surface area contributed by atoms with Gasteiger partial charge in [-0.25, -0.2) is 0 Å². The molecule has 12 aromatic carbocycles. The van der Waals surface area contributed by atoms with Crippen LogP contribution in [-0.4, -0.2) is 0 Å². The highest BCUT2D eigenvalue weighted by Crippen LogP contribution is 2.40. The maximum atomic E-state index is 3.62. The van der Waals surface area contributed by atoms with Crippen molar-refractivity contribution in [3.05, 3.63) is 291 Å². The van der Waals surface area contributed by atoms with Gasteiger partial charge in [-0.15, -0.1) is 0 Å². The SMILES string of the molecule is c1ccc(N(c2ccc(Nc3ccc(-c4cccc5ccccc45)cc3)cc2)c2ccc(-c3ccc(N(c4ccccc4)c4ccc(Nc5ccc(-c6cccc7ccccc67)cc5)cc4)cc3)cc2)cc1. The molecule has 0 aliphatic rings. The summed E-state index contributed by atoms with van der Waals surface area (Å²) >= 11 is 0. The summed E-state index contributed by atoms with van der Waals surface area (Å²) < 4.78 is 0. The van der Waals surface area contributed by atoms with Gasteiger partial charge in [0.25, 0.3) is 0 Å². The number of para-hydroxylation sites is 2. The van der Waals surface area contributed by atoms with Gasteiger partial charge in [-0.05, 0) is 176 Å². The topological polar surface area (TPSA) is 30.5 Å². The monoisotopic (exact) mass is 922 g/mol. The molecule has 0 bridgehead atoms. The minimum atomic E-state index is 1.03.